The lowest BCUT2D eigenvalue weighted by Gasteiger charge is -2.35. The Morgan fingerprint density at radius 2 is 1.65 bits per heavy atom. The van der Waals surface area contributed by atoms with Crippen molar-refractivity contribution in [2.45, 2.75) is 50.3 Å². The Hall–Kier alpha value is -3.36. The van der Waals surface area contributed by atoms with Crippen LogP contribution in [-0.2, 0) is 27.9 Å². The van der Waals surface area contributed by atoms with E-state index in [1.807, 2.05) is 31.2 Å². The Morgan fingerprint density at radius 1 is 0.946 bits per heavy atom. The first-order valence-corrected chi connectivity index (χ1v) is 14.3. The molecule has 0 bridgehead atoms. The van der Waals surface area contributed by atoms with Crippen LogP contribution in [0.4, 0.5) is 5.69 Å². The Bertz CT molecular complexity index is 1350. The molecule has 0 aromatic heterocycles. The van der Waals surface area contributed by atoms with E-state index in [4.69, 9.17) is 4.74 Å². The molecular formula is C29H33N3O4S. The highest BCUT2D eigenvalue weighted by atomic mass is 32.2. The highest BCUT2D eigenvalue weighted by Crippen LogP contribution is 2.37. The second-order valence-electron chi connectivity index (χ2n) is 9.75. The lowest BCUT2D eigenvalue weighted by molar-refractivity contribution is -0.127. The summed E-state index contributed by atoms with van der Waals surface area (Å²) in [7, 11) is -3.88. The van der Waals surface area contributed by atoms with Gasteiger partial charge in [0.25, 0.3) is 15.9 Å². The molecule has 0 spiro atoms. The normalized spacial score (nSPS) is 18.1. The lowest BCUT2D eigenvalue weighted by atomic mass is 10.0. The van der Waals surface area contributed by atoms with Crippen LogP contribution in [0.15, 0.2) is 77.7 Å². The summed E-state index contributed by atoms with van der Waals surface area (Å²) in [5.74, 6) is 0.0459. The quantitative estimate of drug-likeness (QED) is 0.505. The number of sulfonamides is 1. The van der Waals surface area contributed by atoms with Gasteiger partial charge in [0.1, 0.15) is 5.75 Å². The van der Waals surface area contributed by atoms with Gasteiger partial charge in [0.05, 0.1) is 17.1 Å². The fraction of sp³-hybridized carbons (Fsp3) is 0.345. The number of aryl methyl sites for hydroxylation is 1. The molecule has 3 aromatic carbocycles. The van der Waals surface area contributed by atoms with Crippen molar-refractivity contribution in [3.05, 3.63) is 89.5 Å². The first-order chi connectivity index (χ1) is 17.9. The Balaban J connectivity index is 1.34. The maximum absolute atomic E-state index is 13.6. The van der Waals surface area contributed by atoms with E-state index in [1.165, 1.54) is 29.1 Å². The number of likely N-dealkylation sites (tertiary alicyclic amines) is 1. The molecule has 194 valence electrons. The minimum absolute atomic E-state index is 0.103. The average molecular weight is 520 g/mol. The summed E-state index contributed by atoms with van der Waals surface area (Å²) >= 11 is 0. The summed E-state index contributed by atoms with van der Waals surface area (Å²) in [5, 5.41) is 3.00. The maximum atomic E-state index is 13.6. The average Bonchev–Trinajstić information content (AvgIpc) is 2.92. The third-order valence-electron chi connectivity index (χ3n) is 7.02. The van der Waals surface area contributed by atoms with Gasteiger partial charge < -0.3 is 10.1 Å². The predicted octanol–water partition coefficient (Wildman–Crippen LogP) is 4.25. The van der Waals surface area contributed by atoms with E-state index in [2.05, 4.69) is 16.3 Å². The van der Waals surface area contributed by atoms with Crippen LogP contribution in [0.25, 0.3) is 0 Å². The molecule has 1 atom stereocenters. The van der Waals surface area contributed by atoms with Crippen molar-refractivity contribution in [2.75, 3.05) is 23.9 Å². The van der Waals surface area contributed by atoms with Crippen LogP contribution < -0.4 is 14.4 Å². The van der Waals surface area contributed by atoms with Crippen LogP contribution in [0.1, 0.15) is 36.0 Å². The van der Waals surface area contributed by atoms with E-state index in [1.54, 1.807) is 42.5 Å². The van der Waals surface area contributed by atoms with Crippen molar-refractivity contribution >= 4 is 21.6 Å². The number of benzene rings is 3. The molecule has 2 heterocycles. The molecule has 0 aliphatic carbocycles. The van der Waals surface area contributed by atoms with Gasteiger partial charge in [-0.15, -0.1) is 0 Å². The number of nitrogens with one attached hydrogen (secondary N) is 1. The van der Waals surface area contributed by atoms with E-state index in [0.717, 1.165) is 30.8 Å². The number of carbonyl (C=O) groups excluding carboxylic acids is 1. The van der Waals surface area contributed by atoms with Gasteiger partial charge in [0.2, 0.25) is 0 Å². The van der Waals surface area contributed by atoms with Crippen LogP contribution in [0.5, 0.6) is 5.75 Å². The van der Waals surface area contributed by atoms with Crippen molar-refractivity contribution in [3.8, 4) is 5.75 Å². The highest BCUT2D eigenvalue weighted by molar-refractivity contribution is 7.92. The molecule has 37 heavy (non-hydrogen) atoms. The van der Waals surface area contributed by atoms with Gasteiger partial charge >= 0.3 is 0 Å². The van der Waals surface area contributed by atoms with Crippen LogP contribution in [-0.4, -0.2) is 45.0 Å². The molecule has 0 radical (unpaired) electrons. The summed E-state index contributed by atoms with van der Waals surface area (Å²) < 4.78 is 34.4. The molecule has 7 nitrogen and oxygen atoms in total. The third-order valence-corrected chi connectivity index (χ3v) is 8.82. The molecule has 5 rings (SSSR count). The van der Waals surface area contributed by atoms with Crippen LogP contribution in [0, 0.1) is 6.92 Å². The van der Waals surface area contributed by atoms with E-state index < -0.39 is 16.1 Å². The molecule has 2 aliphatic rings. The van der Waals surface area contributed by atoms with Gasteiger partial charge in [-0.25, -0.2) is 8.42 Å². The number of hydrogen-bond acceptors (Lipinski definition) is 5. The van der Waals surface area contributed by atoms with Gasteiger partial charge in [-0.3, -0.25) is 14.0 Å². The smallest absolute Gasteiger partial charge is 0.264 e. The van der Waals surface area contributed by atoms with E-state index in [-0.39, 0.29) is 17.3 Å². The van der Waals surface area contributed by atoms with Gasteiger partial charge in [-0.1, -0.05) is 55.0 Å². The molecule has 1 fully saturated rings. The largest absolute Gasteiger partial charge is 0.476 e. The zero-order chi connectivity index (χ0) is 25.8. The monoisotopic (exact) mass is 519 g/mol. The fourth-order valence-electron chi connectivity index (χ4n) is 4.98. The van der Waals surface area contributed by atoms with Crippen molar-refractivity contribution in [1.29, 1.82) is 0 Å². The van der Waals surface area contributed by atoms with Crippen molar-refractivity contribution in [2.24, 2.45) is 0 Å². The third kappa shape index (κ3) is 5.65. The second-order valence-corrected chi connectivity index (χ2v) is 11.6. The zero-order valence-electron chi connectivity index (χ0n) is 21.1. The first-order valence-electron chi connectivity index (χ1n) is 12.8. The molecule has 1 saturated heterocycles. The summed E-state index contributed by atoms with van der Waals surface area (Å²) in [6.45, 7) is 5.22. The van der Waals surface area contributed by atoms with Crippen LogP contribution in [0.3, 0.4) is 0 Å². The highest BCUT2D eigenvalue weighted by Gasteiger charge is 2.37. The predicted molar refractivity (Wildman–Crippen MR) is 144 cm³/mol. The van der Waals surface area contributed by atoms with Crippen molar-refractivity contribution in [3.63, 3.8) is 0 Å². The van der Waals surface area contributed by atoms with Crippen molar-refractivity contribution < 1.29 is 17.9 Å². The van der Waals surface area contributed by atoms with E-state index in [9.17, 15) is 13.2 Å². The Morgan fingerprint density at radius 3 is 2.41 bits per heavy atom. The molecule has 1 amide bonds. The number of anilines is 1. The number of amides is 1. The molecule has 8 heteroatoms. The minimum Gasteiger partial charge on any atom is -0.476 e. The number of nitrogens with zero attached hydrogens (tertiary/aromatic N) is 2. The van der Waals surface area contributed by atoms with E-state index >= 15 is 0 Å². The number of fused-ring (bicyclic) bond motifs is 1. The number of ether oxygens (including phenoxy) is 1. The number of rotatable bonds is 7. The molecule has 2 aliphatic heterocycles. The standard InChI is InChI=1S/C29H33N3O4S/c1-22-14-15-26-27(18-22)36-28(21-32(26)37(34,35)25-12-4-2-5-13-25)29(33)30-19-23-10-6-7-11-24(23)20-31-16-8-3-9-17-31/h2,4-7,10-15,18,28H,3,8-9,16-17,19-21H2,1H3,(H,30,33)/t28-/m0/s1. The van der Waals surface area contributed by atoms with Crippen molar-refractivity contribution in [1.82, 2.24) is 10.2 Å². The van der Waals surface area contributed by atoms with Crippen LogP contribution in [0.2, 0.25) is 0 Å². The minimum atomic E-state index is -3.88. The summed E-state index contributed by atoms with van der Waals surface area (Å²) in [4.78, 5) is 15.9. The summed E-state index contributed by atoms with van der Waals surface area (Å²) in [6, 6.07) is 21.8. The molecular weight excluding hydrogens is 486 g/mol. The molecule has 1 N–H and O–H groups in total. The van der Waals surface area contributed by atoms with Gasteiger partial charge in [-0.05, 0) is 73.8 Å². The lowest BCUT2D eigenvalue weighted by Crippen LogP contribution is -2.50. The Labute approximate surface area is 219 Å². The van der Waals surface area contributed by atoms with Crippen LogP contribution >= 0.6 is 0 Å². The zero-order valence-corrected chi connectivity index (χ0v) is 21.9. The Kier molecular flexibility index (Phi) is 7.48. The number of piperidine rings is 1. The number of carbonyl (C=O) groups is 1. The molecule has 0 unspecified atom stereocenters. The summed E-state index contributed by atoms with van der Waals surface area (Å²) in [6.07, 6.45) is 2.76. The SMILES string of the molecule is Cc1ccc2c(c1)O[C@H](C(=O)NCc1ccccc1CN1CCCCC1)CN2S(=O)(=O)c1ccccc1. The van der Waals surface area contributed by atoms with Gasteiger partial charge in [0.15, 0.2) is 6.10 Å². The number of hydrogen-bond donors (Lipinski definition) is 1. The maximum Gasteiger partial charge on any atom is 0.264 e. The molecule has 0 saturated carbocycles. The second kappa shape index (κ2) is 10.9. The fourth-order valence-corrected chi connectivity index (χ4v) is 6.48. The van der Waals surface area contributed by atoms with Gasteiger partial charge in [-0.2, -0.15) is 0 Å². The first kappa shape index (κ1) is 25.3. The molecule has 3 aromatic rings. The summed E-state index contributed by atoms with van der Waals surface area (Å²) in [5.41, 5.74) is 3.61. The topological polar surface area (TPSA) is 79.0 Å². The van der Waals surface area contributed by atoms with E-state index in [0.29, 0.717) is 18.0 Å². The van der Waals surface area contributed by atoms with Gasteiger partial charge in [0, 0.05) is 13.1 Å².